The van der Waals surface area contributed by atoms with Crippen molar-refractivity contribution in [1.29, 1.82) is 0 Å². The fourth-order valence-corrected chi connectivity index (χ4v) is 6.33. The maximum Gasteiger partial charge on any atom is 0.257 e. The van der Waals surface area contributed by atoms with E-state index in [1.165, 1.54) is 36.4 Å². The summed E-state index contributed by atoms with van der Waals surface area (Å²) in [4.78, 5) is 15.6. The lowest BCUT2D eigenvalue weighted by Crippen LogP contribution is -2.39. The van der Waals surface area contributed by atoms with Gasteiger partial charge in [-0.05, 0) is 97.3 Å². The molecule has 0 radical (unpaired) electrons. The minimum Gasteiger partial charge on any atom is -0.457 e. The van der Waals surface area contributed by atoms with Gasteiger partial charge in [0.05, 0.1) is 16.7 Å². The van der Waals surface area contributed by atoms with Gasteiger partial charge in [0.15, 0.2) is 9.84 Å². The van der Waals surface area contributed by atoms with Crippen molar-refractivity contribution < 1.29 is 30.8 Å². The SMILES string of the molecule is CS(=O)(=O)Nc1ccc(Oc2ccc(CN3CCC(Nc4ccc(S(C)(=O)=O)cc4C(=O)Nc4ccc(F)cc4)CC3)cc2)cc1.Cl. The summed E-state index contributed by atoms with van der Waals surface area (Å²) < 4.78 is 68.8. The van der Waals surface area contributed by atoms with Crippen LogP contribution in [0.25, 0.3) is 0 Å². The van der Waals surface area contributed by atoms with E-state index in [2.05, 4.69) is 20.3 Å². The largest absolute Gasteiger partial charge is 0.457 e. The van der Waals surface area contributed by atoms with Gasteiger partial charge < -0.3 is 15.4 Å². The number of amides is 1. The zero-order chi connectivity index (χ0) is 32.9. The highest BCUT2D eigenvalue weighted by molar-refractivity contribution is 7.92. The van der Waals surface area contributed by atoms with Gasteiger partial charge in [-0.15, -0.1) is 12.4 Å². The number of carbonyl (C=O) groups is 1. The predicted octanol–water partition coefficient (Wildman–Crippen LogP) is 6.14. The first-order valence-corrected chi connectivity index (χ1v) is 18.3. The van der Waals surface area contributed by atoms with Crippen LogP contribution in [0.4, 0.5) is 21.5 Å². The molecule has 1 heterocycles. The Morgan fingerprint density at radius 2 is 1.40 bits per heavy atom. The molecule has 5 rings (SSSR count). The number of anilines is 3. The third-order valence-corrected chi connectivity index (χ3v) is 9.15. The molecule has 250 valence electrons. The van der Waals surface area contributed by atoms with Crippen molar-refractivity contribution in [1.82, 2.24) is 4.90 Å². The van der Waals surface area contributed by atoms with E-state index >= 15 is 0 Å². The number of hydrogen-bond acceptors (Lipinski definition) is 8. The summed E-state index contributed by atoms with van der Waals surface area (Å²) in [6.07, 6.45) is 3.82. The minimum atomic E-state index is -3.54. The Bertz CT molecular complexity index is 1900. The van der Waals surface area contributed by atoms with Crippen LogP contribution in [0.5, 0.6) is 11.5 Å². The number of benzene rings is 4. The standard InChI is InChI=1S/C33H35FN4O6S2.ClH/c1-45(40,41)30-15-16-32(31(21-30)33(39)36-25-7-5-24(34)6-8-25)35-26-17-19-38(20-18-26)22-23-3-11-28(12-4-23)44-29-13-9-27(10-14-29)37-46(2,42)43;/h3-16,21,26,35,37H,17-20,22H2,1-2H3,(H,36,39);1H. The van der Waals surface area contributed by atoms with Gasteiger partial charge in [0.25, 0.3) is 5.91 Å². The second kappa shape index (κ2) is 15.2. The number of hydrogen-bond donors (Lipinski definition) is 3. The fraction of sp³-hybridized carbons (Fsp3) is 0.242. The molecule has 1 fully saturated rings. The summed E-state index contributed by atoms with van der Waals surface area (Å²) in [5, 5.41) is 6.16. The topological polar surface area (TPSA) is 134 Å². The van der Waals surface area contributed by atoms with Crippen molar-refractivity contribution >= 4 is 55.2 Å². The first-order valence-electron chi connectivity index (χ1n) is 14.6. The Balaban J connectivity index is 0.00000500. The lowest BCUT2D eigenvalue weighted by molar-refractivity contribution is 0.102. The summed E-state index contributed by atoms with van der Waals surface area (Å²) >= 11 is 0. The molecule has 0 spiro atoms. The van der Waals surface area contributed by atoms with E-state index in [9.17, 15) is 26.0 Å². The van der Waals surface area contributed by atoms with Gasteiger partial charge in [-0.3, -0.25) is 14.4 Å². The monoisotopic (exact) mass is 702 g/mol. The van der Waals surface area contributed by atoms with E-state index < -0.39 is 31.6 Å². The lowest BCUT2D eigenvalue weighted by Gasteiger charge is -2.33. The molecular weight excluding hydrogens is 667 g/mol. The molecule has 1 saturated heterocycles. The number of piperidine rings is 1. The smallest absolute Gasteiger partial charge is 0.257 e. The Morgan fingerprint density at radius 1 is 0.830 bits per heavy atom. The van der Waals surface area contributed by atoms with Crippen molar-refractivity contribution in [2.24, 2.45) is 0 Å². The molecule has 10 nitrogen and oxygen atoms in total. The third kappa shape index (κ3) is 10.4. The summed E-state index contributed by atoms with van der Waals surface area (Å²) in [6.45, 7) is 2.40. The first-order chi connectivity index (χ1) is 21.8. The van der Waals surface area contributed by atoms with E-state index in [1.807, 2.05) is 24.3 Å². The third-order valence-electron chi connectivity index (χ3n) is 7.44. The molecule has 3 N–H and O–H groups in total. The van der Waals surface area contributed by atoms with Crippen LogP contribution >= 0.6 is 12.4 Å². The van der Waals surface area contributed by atoms with Gasteiger partial charge in [-0.25, -0.2) is 21.2 Å². The van der Waals surface area contributed by atoms with Crippen molar-refractivity contribution in [3.8, 4) is 11.5 Å². The van der Waals surface area contributed by atoms with Gasteiger partial charge in [0.1, 0.15) is 17.3 Å². The second-order valence-electron chi connectivity index (χ2n) is 11.3. The summed E-state index contributed by atoms with van der Waals surface area (Å²) in [5.41, 5.74) is 2.71. The zero-order valence-corrected chi connectivity index (χ0v) is 28.2. The van der Waals surface area contributed by atoms with Crippen LogP contribution in [-0.2, 0) is 26.4 Å². The number of nitrogens with zero attached hydrogens (tertiary/aromatic N) is 1. The molecule has 0 aromatic heterocycles. The molecule has 0 saturated carbocycles. The van der Waals surface area contributed by atoms with E-state index in [4.69, 9.17) is 4.74 Å². The molecule has 4 aromatic carbocycles. The van der Waals surface area contributed by atoms with Gasteiger partial charge >= 0.3 is 0 Å². The molecule has 0 unspecified atom stereocenters. The lowest BCUT2D eigenvalue weighted by atomic mass is 10.0. The van der Waals surface area contributed by atoms with Gasteiger partial charge in [0.2, 0.25) is 10.0 Å². The molecule has 0 bridgehead atoms. The van der Waals surface area contributed by atoms with E-state index in [1.54, 1.807) is 30.3 Å². The molecule has 0 aliphatic carbocycles. The van der Waals surface area contributed by atoms with Crippen LogP contribution in [-0.4, -0.2) is 59.3 Å². The highest BCUT2D eigenvalue weighted by atomic mass is 35.5. The van der Waals surface area contributed by atoms with Crippen LogP contribution in [0.15, 0.2) is 95.9 Å². The number of rotatable bonds is 11. The molecule has 0 atom stereocenters. The fourth-order valence-electron chi connectivity index (χ4n) is 5.12. The van der Waals surface area contributed by atoms with Crippen LogP contribution < -0.4 is 20.1 Å². The van der Waals surface area contributed by atoms with Crippen LogP contribution in [0, 0.1) is 5.82 Å². The molecule has 1 aliphatic heterocycles. The normalized spacial score (nSPS) is 14.1. The average Bonchev–Trinajstić information content (AvgIpc) is 3.00. The highest BCUT2D eigenvalue weighted by Crippen LogP contribution is 2.27. The van der Waals surface area contributed by atoms with Crippen molar-refractivity contribution in [3.63, 3.8) is 0 Å². The number of sulfonamides is 1. The number of nitrogens with one attached hydrogen (secondary N) is 3. The molecular formula is C33H36ClFN4O6S2. The summed E-state index contributed by atoms with van der Waals surface area (Å²) in [7, 11) is -6.89. The van der Waals surface area contributed by atoms with Crippen molar-refractivity contribution in [2.75, 3.05) is 41.0 Å². The quantitative estimate of drug-likeness (QED) is 0.170. The van der Waals surface area contributed by atoms with E-state index in [0.29, 0.717) is 28.6 Å². The average molecular weight is 703 g/mol. The van der Waals surface area contributed by atoms with E-state index in [0.717, 1.165) is 50.6 Å². The van der Waals surface area contributed by atoms with E-state index in [-0.39, 0.29) is 28.9 Å². The Labute approximate surface area is 280 Å². The molecule has 4 aromatic rings. The molecule has 14 heteroatoms. The Morgan fingerprint density at radius 3 is 1.98 bits per heavy atom. The highest BCUT2D eigenvalue weighted by Gasteiger charge is 2.23. The molecule has 1 amide bonds. The van der Waals surface area contributed by atoms with Crippen molar-refractivity contribution in [2.45, 2.75) is 30.3 Å². The number of likely N-dealkylation sites (tertiary alicyclic amines) is 1. The van der Waals surface area contributed by atoms with Gasteiger partial charge in [0, 0.05) is 49.0 Å². The number of carbonyl (C=O) groups excluding carboxylic acids is 1. The molecule has 47 heavy (non-hydrogen) atoms. The second-order valence-corrected chi connectivity index (χ2v) is 15.0. The minimum absolute atomic E-state index is 0. The predicted molar refractivity (Wildman–Crippen MR) is 184 cm³/mol. The Kier molecular flexibility index (Phi) is 11.5. The maximum absolute atomic E-state index is 13.3. The summed E-state index contributed by atoms with van der Waals surface area (Å²) in [6, 6.07) is 24.4. The van der Waals surface area contributed by atoms with Crippen molar-refractivity contribution in [3.05, 3.63) is 108 Å². The zero-order valence-electron chi connectivity index (χ0n) is 25.8. The van der Waals surface area contributed by atoms with Crippen LogP contribution in [0.3, 0.4) is 0 Å². The first kappa shape index (κ1) is 35.7. The maximum atomic E-state index is 13.3. The Hall–Kier alpha value is -4.17. The van der Waals surface area contributed by atoms with Gasteiger partial charge in [-0.1, -0.05) is 12.1 Å². The van der Waals surface area contributed by atoms with Crippen LogP contribution in [0.2, 0.25) is 0 Å². The van der Waals surface area contributed by atoms with Gasteiger partial charge in [-0.2, -0.15) is 0 Å². The number of halogens is 2. The van der Waals surface area contributed by atoms with Crippen LogP contribution in [0.1, 0.15) is 28.8 Å². The summed E-state index contributed by atoms with van der Waals surface area (Å²) in [5.74, 6) is 0.327. The molecule has 1 aliphatic rings. The number of ether oxygens (including phenoxy) is 1. The number of sulfone groups is 1.